The zero-order valence-corrected chi connectivity index (χ0v) is 15.7. The zero-order valence-electron chi connectivity index (χ0n) is 15.7. The Bertz CT molecular complexity index is 1080. The van der Waals surface area contributed by atoms with Crippen LogP contribution in [0.1, 0.15) is 22.3 Å². The van der Waals surface area contributed by atoms with Crippen LogP contribution in [-0.2, 0) is 0 Å². The average Bonchev–Trinajstić information content (AvgIpc) is 3.13. The van der Waals surface area contributed by atoms with E-state index in [0.29, 0.717) is 5.56 Å². The van der Waals surface area contributed by atoms with E-state index >= 15 is 0 Å². The second-order valence-electron chi connectivity index (χ2n) is 6.96. The fourth-order valence-corrected chi connectivity index (χ4v) is 3.33. The van der Waals surface area contributed by atoms with Crippen molar-refractivity contribution in [3.63, 3.8) is 0 Å². The molecule has 4 nitrogen and oxygen atoms in total. The van der Waals surface area contributed by atoms with Crippen molar-refractivity contribution >= 4 is 11.6 Å². The molecule has 0 bridgehead atoms. The standard InChI is InChI=1S/C23H17F3N2O2/c24-23(25,26)22(30)15-20(18-9-5-2-6-10-18)27-28(22)21(29)19-13-11-17(12-14-19)16-7-3-1-4-8-16/h1-14,30H,15H2/t22-/m1/s1. The predicted molar refractivity (Wildman–Crippen MR) is 107 cm³/mol. The van der Waals surface area contributed by atoms with Gasteiger partial charge in [0.25, 0.3) is 11.6 Å². The minimum Gasteiger partial charge on any atom is -0.362 e. The van der Waals surface area contributed by atoms with Crippen LogP contribution in [0.5, 0.6) is 0 Å². The maximum absolute atomic E-state index is 13.7. The van der Waals surface area contributed by atoms with Gasteiger partial charge in [-0.3, -0.25) is 4.79 Å². The number of hydrogen-bond acceptors (Lipinski definition) is 3. The molecular weight excluding hydrogens is 393 g/mol. The number of alkyl halides is 3. The van der Waals surface area contributed by atoms with Crippen molar-refractivity contribution in [2.75, 3.05) is 0 Å². The van der Waals surface area contributed by atoms with Crippen molar-refractivity contribution in [3.05, 3.63) is 96.1 Å². The first kappa shape index (κ1) is 19.8. The second kappa shape index (κ2) is 7.42. The number of nitrogens with zero attached hydrogens (tertiary/aromatic N) is 2. The Morgan fingerprint density at radius 3 is 1.87 bits per heavy atom. The lowest BCUT2D eigenvalue weighted by molar-refractivity contribution is -0.297. The third kappa shape index (κ3) is 3.48. The van der Waals surface area contributed by atoms with E-state index in [2.05, 4.69) is 5.10 Å². The molecule has 1 aliphatic rings. The van der Waals surface area contributed by atoms with Crippen LogP contribution in [0.25, 0.3) is 11.1 Å². The minimum atomic E-state index is -5.08. The van der Waals surface area contributed by atoms with Gasteiger partial charge in [0.1, 0.15) is 0 Å². The van der Waals surface area contributed by atoms with Crippen LogP contribution in [0, 0.1) is 0 Å². The third-order valence-electron chi connectivity index (χ3n) is 4.98. The minimum absolute atomic E-state index is 0.00424. The summed E-state index contributed by atoms with van der Waals surface area (Å²) in [6.45, 7) is 0. The van der Waals surface area contributed by atoms with Crippen LogP contribution in [0.4, 0.5) is 13.2 Å². The van der Waals surface area contributed by atoms with E-state index in [1.54, 1.807) is 42.5 Å². The van der Waals surface area contributed by atoms with Gasteiger partial charge in [-0.05, 0) is 28.8 Å². The van der Waals surface area contributed by atoms with Crippen molar-refractivity contribution in [2.45, 2.75) is 18.3 Å². The Hall–Kier alpha value is -3.45. The van der Waals surface area contributed by atoms with Crippen LogP contribution in [0.3, 0.4) is 0 Å². The first-order chi connectivity index (χ1) is 14.3. The third-order valence-corrected chi connectivity index (χ3v) is 4.98. The van der Waals surface area contributed by atoms with E-state index < -0.39 is 24.2 Å². The van der Waals surface area contributed by atoms with Gasteiger partial charge in [0.2, 0.25) is 0 Å². The van der Waals surface area contributed by atoms with Gasteiger partial charge in [0.05, 0.1) is 12.1 Å². The molecule has 4 rings (SSSR count). The number of benzene rings is 3. The number of hydrazone groups is 1. The van der Waals surface area contributed by atoms with E-state index in [-0.39, 0.29) is 16.3 Å². The molecule has 0 aliphatic carbocycles. The fraction of sp³-hybridized carbons (Fsp3) is 0.130. The number of carbonyl (C=O) groups is 1. The van der Waals surface area contributed by atoms with Gasteiger partial charge in [0, 0.05) is 5.56 Å². The Morgan fingerprint density at radius 2 is 1.33 bits per heavy atom. The summed E-state index contributed by atoms with van der Waals surface area (Å²) in [5.41, 5.74) is -1.29. The summed E-state index contributed by atoms with van der Waals surface area (Å²) in [6, 6.07) is 23.7. The van der Waals surface area contributed by atoms with Gasteiger partial charge in [-0.25, -0.2) is 0 Å². The highest BCUT2D eigenvalue weighted by molar-refractivity contribution is 6.05. The lowest BCUT2D eigenvalue weighted by Crippen LogP contribution is -2.56. The smallest absolute Gasteiger partial charge is 0.362 e. The predicted octanol–water partition coefficient (Wildman–Crippen LogP) is 4.85. The summed E-state index contributed by atoms with van der Waals surface area (Å²) >= 11 is 0. The summed E-state index contributed by atoms with van der Waals surface area (Å²) in [6.07, 6.45) is -5.92. The largest absolute Gasteiger partial charge is 0.438 e. The van der Waals surface area contributed by atoms with Gasteiger partial charge in [-0.2, -0.15) is 23.3 Å². The molecule has 0 unspecified atom stereocenters. The van der Waals surface area contributed by atoms with Crippen LogP contribution < -0.4 is 0 Å². The summed E-state index contributed by atoms with van der Waals surface area (Å²) in [4.78, 5) is 12.9. The molecule has 1 aliphatic heterocycles. The molecule has 0 saturated carbocycles. The fourth-order valence-electron chi connectivity index (χ4n) is 3.33. The summed E-state index contributed by atoms with van der Waals surface area (Å²) in [5, 5.41) is 14.5. The van der Waals surface area contributed by atoms with E-state index in [0.717, 1.165) is 11.1 Å². The highest BCUT2D eigenvalue weighted by atomic mass is 19.4. The molecule has 3 aromatic carbocycles. The molecule has 30 heavy (non-hydrogen) atoms. The lowest BCUT2D eigenvalue weighted by Gasteiger charge is -2.32. The molecule has 152 valence electrons. The quantitative estimate of drug-likeness (QED) is 0.671. The number of aliphatic hydroxyl groups is 1. The van der Waals surface area contributed by atoms with Gasteiger partial charge >= 0.3 is 6.18 Å². The highest BCUT2D eigenvalue weighted by Crippen LogP contribution is 2.42. The van der Waals surface area contributed by atoms with Crippen molar-refractivity contribution in [1.82, 2.24) is 5.01 Å². The van der Waals surface area contributed by atoms with E-state index in [1.807, 2.05) is 30.3 Å². The van der Waals surface area contributed by atoms with Crippen LogP contribution in [0.15, 0.2) is 90.0 Å². The maximum Gasteiger partial charge on any atom is 0.438 e. The average molecular weight is 410 g/mol. The molecule has 1 atom stereocenters. The van der Waals surface area contributed by atoms with E-state index in [1.165, 1.54) is 12.1 Å². The van der Waals surface area contributed by atoms with Gasteiger partial charge in [0.15, 0.2) is 0 Å². The van der Waals surface area contributed by atoms with Crippen LogP contribution in [0.2, 0.25) is 0 Å². The second-order valence-corrected chi connectivity index (χ2v) is 6.96. The molecule has 1 heterocycles. The molecule has 1 N–H and O–H groups in total. The highest BCUT2D eigenvalue weighted by Gasteiger charge is 2.63. The molecule has 0 fully saturated rings. The molecule has 0 saturated heterocycles. The van der Waals surface area contributed by atoms with Crippen LogP contribution in [-0.4, -0.2) is 33.6 Å². The normalized spacial score (nSPS) is 18.9. The van der Waals surface area contributed by atoms with Crippen molar-refractivity contribution < 1.29 is 23.1 Å². The lowest BCUT2D eigenvalue weighted by atomic mass is 10.00. The number of amides is 1. The number of carbonyl (C=O) groups excluding carboxylic acids is 1. The summed E-state index contributed by atoms with van der Waals surface area (Å²) in [7, 11) is 0. The molecular formula is C23H17F3N2O2. The Kier molecular flexibility index (Phi) is 4.91. The SMILES string of the molecule is O=C(c1ccc(-c2ccccc2)cc1)N1N=C(c2ccccc2)C[C@@]1(O)C(F)(F)F. The first-order valence-corrected chi connectivity index (χ1v) is 9.22. The number of rotatable bonds is 3. The Morgan fingerprint density at radius 1 is 0.833 bits per heavy atom. The molecule has 0 aromatic heterocycles. The molecule has 7 heteroatoms. The van der Waals surface area contributed by atoms with Gasteiger partial charge < -0.3 is 5.11 Å². The van der Waals surface area contributed by atoms with Crippen molar-refractivity contribution in [2.24, 2.45) is 5.10 Å². The van der Waals surface area contributed by atoms with E-state index in [9.17, 15) is 23.1 Å². The molecule has 0 radical (unpaired) electrons. The molecule has 3 aromatic rings. The zero-order chi connectivity index (χ0) is 21.4. The van der Waals surface area contributed by atoms with E-state index in [4.69, 9.17) is 0 Å². The van der Waals surface area contributed by atoms with Gasteiger partial charge in [-0.15, -0.1) is 0 Å². The first-order valence-electron chi connectivity index (χ1n) is 9.22. The molecule has 1 amide bonds. The summed E-state index contributed by atoms with van der Waals surface area (Å²) in [5.74, 6) is -1.03. The Balaban J connectivity index is 1.69. The number of halogens is 3. The Labute approximate surface area is 170 Å². The van der Waals surface area contributed by atoms with Crippen molar-refractivity contribution in [3.8, 4) is 11.1 Å². The van der Waals surface area contributed by atoms with Crippen LogP contribution >= 0.6 is 0 Å². The summed E-state index contributed by atoms with van der Waals surface area (Å²) < 4.78 is 41.2. The monoisotopic (exact) mass is 410 g/mol. The maximum atomic E-state index is 13.7. The van der Waals surface area contributed by atoms with Gasteiger partial charge in [-0.1, -0.05) is 72.8 Å². The number of hydrogen-bond donors (Lipinski definition) is 1. The topological polar surface area (TPSA) is 52.9 Å². The molecule has 0 spiro atoms. The van der Waals surface area contributed by atoms with Crippen molar-refractivity contribution in [1.29, 1.82) is 0 Å².